The predicted octanol–water partition coefficient (Wildman–Crippen LogP) is 3.26. The summed E-state index contributed by atoms with van der Waals surface area (Å²) in [5.41, 5.74) is 6.53. The van der Waals surface area contributed by atoms with Crippen molar-refractivity contribution < 1.29 is 4.74 Å². The molecule has 0 amide bonds. The van der Waals surface area contributed by atoms with Gasteiger partial charge in [0.25, 0.3) is 0 Å². The van der Waals surface area contributed by atoms with Gasteiger partial charge in [-0.1, -0.05) is 15.9 Å². The van der Waals surface area contributed by atoms with E-state index in [0.717, 1.165) is 10.0 Å². The number of benzene rings is 1. The molecule has 0 aliphatic carbocycles. The molecular weight excluding hydrogens is 350 g/mol. The molecule has 0 aliphatic rings. The van der Waals surface area contributed by atoms with Gasteiger partial charge in [-0.3, -0.25) is 0 Å². The maximum Gasteiger partial charge on any atom is 0.165 e. The molecule has 0 spiro atoms. The summed E-state index contributed by atoms with van der Waals surface area (Å²) in [6.45, 7) is 0. The van der Waals surface area contributed by atoms with Crippen LogP contribution < -0.4 is 10.5 Å². The highest BCUT2D eigenvalue weighted by Crippen LogP contribution is 2.31. The third-order valence-electron chi connectivity index (χ3n) is 2.17. The van der Waals surface area contributed by atoms with Gasteiger partial charge in [-0.2, -0.15) is 0 Å². The first-order valence-electron chi connectivity index (χ1n) is 4.73. The average Bonchev–Trinajstić information content (AvgIpc) is 2.32. The summed E-state index contributed by atoms with van der Waals surface area (Å²) in [6, 6.07) is 5.63. The lowest BCUT2D eigenvalue weighted by molar-refractivity contribution is 0.416. The first-order valence-corrected chi connectivity index (χ1v) is 6.32. The number of anilines is 1. The minimum Gasteiger partial charge on any atom is -0.496 e. The zero-order chi connectivity index (χ0) is 12.4. The highest BCUT2D eigenvalue weighted by atomic mass is 79.9. The van der Waals surface area contributed by atoms with Gasteiger partial charge in [-0.25, -0.2) is 9.97 Å². The molecule has 0 atom stereocenters. The maximum atomic E-state index is 5.74. The molecule has 4 nitrogen and oxygen atoms in total. The Morgan fingerprint density at radius 2 is 2.06 bits per heavy atom. The number of hydrogen-bond donors (Lipinski definition) is 1. The van der Waals surface area contributed by atoms with Crippen LogP contribution in [-0.4, -0.2) is 17.1 Å². The van der Waals surface area contributed by atoms with Crippen molar-refractivity contribution in [2.45, 2.75) is 0 Å². The lowest BCUT2D eigenvalue weighted by Crippen LogP contribution is -1.98. The van der Waals surface area contributed by atoms with Gasteiger partial charge in [-0.15, -0.1) is 0 Å². The molecular formula is C11H9Br2N3O. The minimum atomic E-state index is 0.400. The molecule has 0 bridgehead atoms. The number of halogens is 2. The maximum absolute atomic E-state index is 5.74. The van der Waals surface area contributed by atoms with Gasteiger partial charge in [0.15, 0.2) is 5.82 Å². The number of nitrogens with two attached hydrogens (primary N) is 1. The summed E-state index contributed by atoms with van der Waals surface area (Å²) in [5, 5.41) is 0. The smallest absolute Gasteiger partial charge is 0.165 e. The SMILES string of the molecule is COc1ccc(Br)cc1-c1ncc(Br)c(N)n1. The van der Waals surface area contributed by atoms with Crippen LogP contribution >= 0.6 is 31.9 Å². The van der Waals surface area contributed by atoms with Gasteiger partial charge in [0.2, 0.25) is 0 Å². The van der Waals surface area contributed by atoms with Crippen LogP contribution in [0.5, 0.6) is 5.75 Å². The molecule has 0 saturated carbocycles. The van der Waals surface area contributed by atoms with E-state index in [1.165, 1.54) is 0 Å². The van der Waals surface area contributed by atoms with E-state index in [9.17, 15) is 0 Å². The number of ether oxygens (including phenoxy) is 1. The fourth-order valence-corrected chi connectivity index (χ4v) is 1.92. The van der Waals surface area contributed by atoms with Crippen molar-refractivity contribution >= 4 is 37.7 Å². The van der Waals surface area contributed by atoms with Crippen LogP contribution in [-0.2, 0) is 0 Å². The summed E-state index contributed by atoms with van der Waals surface area (Å²) >= 11 is 6.67. The third kappa shape index (κ3) is 2.58. The van der Waals surface area contributed by atoms with Gasteiger partial charge in [0.1, 0.15) is 11.6 Å². The van der Waals surface area contributed by atoms with Crippen molar-refractivity contribution in [3.05, 3.63) is 33.3 Å². The van der Waals surface area contributed by atoms with Gasteiger partial charge in [-0.05, 0) is 34.1 Å². The molecule has 0 radical (unpaired) electrons. The Kier molecular flexibility index (Phi) is 3.63. The van der Waals surface area contributed by atoms with E-state index < -0.39 is 0 Å². The molecule has 2 N–H and O–H groups in total. The van der Waals surface area contributed by atoms with Crippen molar-refractivity contribution in [2.24, 2.45) is 0 Å². The minimum absolute atomic E-state index is 0.400. The Hall–Kier alpha value is -1.14. The summed E-state index contributed by atoms with van der Waals surface area (Å²) in [4.78, 5) is 8.43. The summed E-state index contributed by atoms with van der Waals surface area (Å²) < 4.78 is 6.88. The Morgan fingerprint density at radius 3 is 2.71 bits per heavy atom. The lowest BCUT2D eigenvalue weighted by atomic mass is 10.2. The van der Waals surface area contributed by atoms with Crippen LogP contribution in [0.2, 0.25) is 0 Å². The molecule has 0 aliphatic heterocycles. The fourth-order valence-electron chi connectivity index (χ4n) is 1.37. The first-order chi connectivity index (χ1) is 8.11. The molecule has 0 unspecified atom stereocenters. The first kappa shape index (κ1) is 12.3. The molecule has 0 saturated heterocycles. The van der Waals surface area contributed by atoms with Gasteiger partial charge in [0.05, 0.1) is 17.1 Å². The van der Waals surface area contributed by atoms with E-state index in [-0.39, 0.29) is 0 Å². The van der Waals surface area contributed by atoms with E-state index in [0.29, 0.717) is 21.9 Å². The molecule has 0 fully saturated rings. The molecule has 1 aromatic carbocycles. The highest BCUT2D eigenvalue weighted by molar-refractivity contribution is 9.10. The normalized spacial score (nSPS) is 10.3. The van der Waals surface area contributed by atoms with Crippen molar-refractivity contribution in [3.8, 4) is 17.1 Å². The van der Waals surface area contributed by atoms with Gasteiger partial charge in [0, 0.05) is 10.7 Å². The zero-order valence-electron chi connectivity index (χ0n) is 8.95. The summed E-state index contributed by atoms with van der Waals surface area (Å²) in [7, 11) is 1.61. The van der Waals surface area contributed by atoms with Crippen molar-refractivity contribution in [1.82, 2.24) is 9.97 Å². The van der Waals surface area contributed by atoms with Crippen molar-refractivity contribution in [2.75, 3.05) is 12.8 Å². The topological polar surface area (TPSA) is 61.0 Å². The second kappa shape index (κ2) is 5.01. The van der Waals surface area contributed by atoms with Crippen LogP contribution in [0.15, 0.2) is 33.3 Å². The molecule has 17 heavy (non-hydrogen) atoms. The van der Waals surface area contributed by atoms with Crippen LogP contribution in [0.1, 0.15) is 0 Å². The number of rotatable bonds is 2. The zero-order valence-corrected chi connectivity index (χ0v) is 12.1. The summed E-state index contributed by atoms with van der Waals surface area (Å²) in [5.74, 6) is 1.64. The lowest BCUT2D eigenvalue weighted by Gasteiger charge is -2.08. The standard InChI is InChI=1S/C11H9Br2N3O/c1-17-9-3-2-6(12)4-7(9)11-15-5-8(13)10(14)16-11/h2-5H,1H3,(H2,14,15,16). The van der Waals surface area contributed by atoms with Crippen LogP contribution in [0, 0.1) is 0 Å². The van der Waals surface area contributed by atoms with Crippen molar-refractivity contribution in [1.29, 1.82) is 0 Å². The van der Waals surface area contributed by atoms with E-state index in [1.54, 1.807) is 13.3 Å². The Labute approximate surface area is 115 Å². The molecule has 6 heteroatoms. The predicted molar refractivity (Wildman–Crippen MR) is 73.8 cm³/mol. The van der Waals surface area contributed by atoms with Crippen LogP contribution in [0.3, 0.4) is 0 Å². The number of aromatic nitrogens is 2. The van der Waals surface area contributed by atoms with Crippen LogP contribution in [0.25, 0.3) is 11.4 Å². The second-order valence-electron chi connectivity index (χ2n) is 3.27. The molecule has 2 rings (SSSR count). The monoisotopic (exact) mass is 357 g/mol. The quantitative estimate of drug-likeness (QED) is 0.894. The van der Waals surface area contributed by atoms with E-state index in [2.05, 4.69) is 41.8 Å². The number of nitrogen functional groups attached to an aromatic ring is 1. The summed E-state index contributed by atoms with van der Waals surface area (Å²) in [6.07, 6.45) is 1.62. The van der Waals surface area contributed by atoms with E-state index >= 15 is 0 Å². The molecule has 88 valence electrons. The number of hydrogen-bond acceptors (Lipinski definition) is 4. The molecule has 2 aromatic rings. The number of nitrogens with zero attached hydrogens (tertiary/aromatic N) is 2. The van der Waals surface area contributed by atoms with Gasteiger partial charge >= 0.3 is 0 Å². The molecule has 1 heterocycles. The van der Waals surface area contributed by atoms with Crippen molar-refractivity contribution in [3.63, 3.8) is 0 Å². The van der Waals surface area contributed by atoms with Gasteiger partial charge < -0.3 is 10.5 Å². The Bertz CT molecular complexity index is 560. The number of methoxy groups -OCH3 is 1. The Balaban J connectivity index is 2.58. The largest absolute Gasteiger partial charge is 0.496 e. The third-order valence-corrected chi connectivity index (χ3v) is 3.28. The Morgan fingerprint density at radius 1 is 1.29 bits per heavy atom. The van der Waals surface area contributed by atoms with E-state index in [1.807, 2.05) is 18.2 Å². The second-order valence-corrected chi connectivity index (χ2v) is 5.04. The molecule has 1 aromatic heterocycles. The average molecular weight is 359 g/mol. The van der Waals surface area contributed by atoms with E-state index in [4.69, 9.17) is 10.5 Å². The van der Waals surface area contributed by atoms with Crippen LogP contribution in [0.4, 0.5) is 5.82 Å². The fraction of sp³-hybridized carbons (Fsp3) is 0.0909. The highest BCUT2D eigenvalue weighted by Gasteiger charge is 2.10.